The molecule has 0 saturated carbocycles. The van der Waals surface area contributed by atoms with Crippen LogP contribution in [-0.2, 0) is 11.2 Å². The Hall–Kier alpha value is -4.90. The van der Waals surface area contributed by atoms with Crippen molar-refractivity contribution in [2.75, 3.05) is 6.61 Å². The predicted octanol–water partition coefficient (Wildman–Crippen LogP) is 6.88. The van der Waals surface area contributed by atoms with Gasteiger partial charge in [-0.1, -0.05) is 12.1 Å². The van der Waals surface area contributed by atoms with Crippen LogP contribution in [0.15, 0.2) is 66.7 Å². The van der Waals surface area contributed by atoms with E-state index in [0.29, 0.717) is 59.1 Å². The third-order valence-electron chi connectivity index (χ3n) is 7.31. The van der Waals surface area contributed by atoms with Gasteiger partial charge in [0.1, 0.15) is 41.0 Å². The van der Waals surface area contributed by atoms with Crippen LogP contribution in [0.1, 0.15) is 52.8 Å². The average Bonchev–Trinajstić information content (AvgIpc) is 3.55. The van der Waals surface area contributed by atoms with E-state index >= 15 is 4.39 Å². The number of halogens is 1. The molecule has 1 aliphatic carbocycles. The molecule has 1 unspecified atom stereocenters. The molecule has 0 amide bonds. The van der Waals surface area contributed by atoms with Crippen molar-refractivity contribution in [1.29, 1.82) is 5.26 Å². The first-order valence-corrected chi connectivity index (χ1v) is 13.0. The summed E-state index contributed by atoms with van der Waals surface area (Å²) >= 11 is 0. The van der Waals surface area contributed by atoms with E-state index in [1.54, 1.807) is 30.3 Å². The lowest BCUT2D eigenvalue weighted by molar-refractivity contribution is -0.137. The van der Waals surface area contributed by atoms with Gasteiger partial charge in [0.05, 0.1) is 24.3 Å². The summed E-state index contributed by atoms with van der Waals surface area (Å²) in [5.74, 6) is 0.506. The monoisotopic (exact) mass is 536 g/mol. The number of hydrogen-bond donors (Lipinski definition) is 1. The van der Waals surface area contributed by atoms with Gasteiger partial charge in [0.2, 0.25) is 0 Å². The minimum absolute atomic E-state index is 0.00372. The third-order valence-corrected chi connectivity index (χ3v) is 7.31. The maximum absolute atomic E-state index is 15.1. The van der Waals surface area contributed by atoms with E-state index in [0.717, 1.165) is 22.5 Å². The van der Waals surface area contributed by atoms with Crippen molar-refractivity contribution >= 4 is 5.97 Å². The number of aliphatic carboxylic acids is 1. The zero-order valence-corrected chi connectivity index (χ0v) is 21.7. The lowest BCUT2D eigenvalue weighted by atomic mass is 9.98. The number of fused-ring (bicyclic) bond motifs is 2. The molecule has 0 fully saturated rings. The largest absolute Gasteiger partial charge is 0.492 e. The number of nitriles is 1. The molecule has 1 aliphatic heterocycles. The second-order valence-corrected chi connectivity index (χ2v) is 9.98. The average molecular weight is 537 g/mol. The van der Waals surface area contributed by atoms with Crippen molar-refractivity contribution in [3.63, 3.8) is 0 Å². The normalized spacial score (nSPS) is 16.9. The standard InChI is InChI=1S/C32H25FN2O5/c1-18-3-2-4-26(35-18)19-5-10-27(20(13-19)16-34)40-28-12-9-25(33)32-24(28)8-11-29(32)39-22-6-7-23-21(14-31(36)37)17-38-30(23)15-22/h2-7,9-10,12-13,15,21,29H,8,11,14,17H2,1H3,(H,36,37)/t21?,29-/m1/s1. The van der Waals surface area contributed by atoms with Crippen molar-refractivity contribution in [3.8, 4) is 40.3 Å². The summed E-state index contributed by atoms with van der Waals surface area (Å²) < 4.78 is 33.2. The quantitative estimate of drug-likeness (QED) is 0.275. The van der Waals surface area contributed by atoms with E-state index < -0.39 is 12.1 Å². The molecule has 200 valence electrons. The second kappa shape index (κ2) is 10.3. The highest BCUT2D eigenvalue weighted by Crippen LogP contribution is 2.44. The minimum Gasteiger partial charge on any atom is -0.492 e. The van der Waals surface area contributed by atoms with Gasteiger partial charge in [-0.3, -0.25) is 9.78 Å². The SMILES string of the molecule is Cc1cccc(-c2ccc(Oc3ccc(F)c4c3CC[C@H]4Oc3ccc4c(c3)OCC4CC(=O)O)c(C#N)c2)n1. The maximum atomic E-state index is 15.1. The lowest BCUT2D eigenvalue weighted by Crippen LogP contribution is -2.07. The number of pyridine rings is 1. The second-order valence-electron chi connectivity index (χ2n) is 9.98. The summed E-state index contributed by atoms with van der Waals surface area (Å²) in [6.07, 6.45) is 0.562. The van der Waals surface area contributed by atoms with Crippen molar-refractivity contribution in [1.82, 2.24) is 4.98 Å². The molecule has 7 nitrogen and oxygen atoms in total. The van der Waals surface area contributed by atoms with Gasteiger partial charge < -0.3 is 19.3 Å². The summed E-state index contributed by atoms with van der Waals surface area (Å²) in [5.41, 5.74) is 4.77. The van der Waals surface area contributed by atoms with Crippen LogP contribution >= 0.6 is 0 Å². The number of carboxylic acids is 1. The van der Waals surface area contributed by atoms with E-state index in [1.807, 2.05) is 37.3 Å². The zero-order valence-electron chi connectivity index (χ0n) is 21.7. The van der Waals surface area contributed by atoms with Crippen molar-refractivity contribution in [2.24, 2.45) is 0 Å². The van der Waals surface area contributed by atoms with Gasteiger partial charge in [0.15, 0.2) is 0 Å². The molecule has 0 bridgehead atoms. The fraction of sp³-hybridized carbons (Fsp3) is 0.219. The summed E-state index contributed by atoms with van der Waals surface area (Å²) in [5, 5.41) is 19.0. The molecule has 40 heavy (non-hydrogen) atoms. The molecule has 0 spiro atoms. The number of carboxylic acid groups (broad SMARTS) is 1. The molecule has 1 aromatic heterocycles. The highest BCUT2D eigenvalue weighted by atomic mass is 19.1. The van der Waals surface area contributed by atoms with Gasteiger partial charge >= 0.3 is 5.97 Å². The number of rotatable bonds is 7. The number of aromatic nitrogens is 1. The van der Waals surface area contributed by atoms with Crippen LogP contribution in [0.3, 0.4) is 0 Å². The van der Waals surface area contributed by atoms with Crippen molar-refractivity contribution < 1.29 is 28.5 Å². The number of hydrogen-bond acceptors (Lipinski definition) is 6. The van der Waals surface area contributed by atoms with Crippen LogP contribution in [0.2, 0.25) is 0 Å². The van der Waals surface area contributed by atoms with Gasteiger partial charge in [-0.2, -0.15) is 5.26 Å². The Morgan fingerprint density at radius 1 is 1.15 bits per heavy atom. The zero-order chi connectivity index (χ0) is 27.8. The molecule has 0 radical (unpaired) electrons. The van der Waals surface area contributed by atoms with Gasteiger partial charge in [0, 0.05) is 39.9 Å². The lowest BCUT2D eigenvalue weighted by Gasteiger charge is -2.17. The van der Waals surface area contributed by atoms with Crippen molar-refractivity contribution in [2.45, 2.75) is 38.2 Å². The fourth-order valence-corrected chi connectivity index (χ4v) is 5.42. The molecule has 3 aromatic carbocycles. The Morgan fingerprint density at radius 3 is 2.80 bits per heavy atom. The van der Waals surface area contributed by atoms with Crippen LogP contribution in [-0.4, -0.2) is 22.7 Å². The van der Waals surface area contributed by atoms with Gasteiger partial charge in [-0.05, 0) is 68.3 Å². The summed E-state index contributed by atoms with van der Waals surface area (Å²) in [4.78, 5) is 15.7. The van der Waals surface area contributed by atoms with Crippen LogP contribution in [0.5, 0.6) is 23.0 Å². The van der Waals surface area contributed by atoms with E-state index in [1.165, 1.54) is 6.07 Å². The highest BCUT2D eigenvalue weighted by molar-refractivity contribution is 5.69. The summed E-state index contributed by atoms with van der Waals surface area (Å²) in [6.45, 7) is 2.22. The molecule has 2 heterocycles. The Kier molecular flexibility index (Phi) is 6.56. The highest BCUT2D eigenvalue weighted by Gasteiger charge is 2.32. The van der Waals surface area contributed by atoms with Crippen LogP contribution in [0, 0.1) is 24.1 Å². The first-order chi connectivity index (χ1) is 19.4. The molecule has 2 aliphatic rings. The number of ether oxygens (including phenoxy) is 3. The van der Waals surface area contributed by atoms with E-state index in [9.17, 15) is 10.1 Å². The summed E-state index contributed by atoms with van der Waals surface area (Å²) in [7, 11) is 0. The molecule has 8 heteroatoms. The number of benzene rings is 3. The van der Waals surface area contributed by atoms with E-state index in [4.69, 9.17) is 19.3 Å². The van der Waals surface area contributed by atoms with Gasteiger partial charge in [-0.25, -0.2) is 4.39 Å². The molecule has 0 saturated heterocycles. The Balaban J connectivity index is 1.24. The fourth-order valence-electron chi connectivity index (χ4n) is 5.42. The van der Waals surface area contributed by atoms with Crippen LogP contribution in [0.25, 0.3) is 11.3 Å². The molecule has 4 aromatic rings. The molecule has 6 rings (SSSR count). The number of nitrogens with zero attached hydrogens (tertiary/aromatic N) is 2. The first kappa shape index (κ1) is 25.4. The minimum atomic E-state index is -0.876. The molecular formula is C32H25FN2O5. The first-order valence-electron chi connectivity index (χ1n) is 13.0. The Bertz CT molecular complexity index is 1680. The van der Waals surface area contributed by atoms with Crippen molar-refractivity contribution in [3.05, 3.63) is 100 Å². The predicted molar refractivity (Wildman–Crippen MR) is 144 cm³/mol. The van der Waals surface area contributed by atoms with E-state index in [-0.39, 0.29) is 18.2 Å². The van der Waals surface area contributed by atoms with Crippen LogP contribution in [0.4, 0.5) is 4.39 Å². The summed E-state index contributed by atoms with van der Waals surface area (Å²) in [6, 6.07) is 21.5. The smallest absolute Gasteiger partial charge is 0.304 e. The third kappa shape index (κ3) is 4.82. The Morgan fingerprint density at radius 2 is 2.00 bits per heavy atom. The molecular weight excluding hydrogens is 511 g/mol. The van der Waals surface area contributed by atoms with E-state index in [2.05, 4.69) is 11.1 Å². The van der Waals surface area contributed by atoms with Crippen LogP contribution < -0.4 is 14.2 Å². The number of carbonyl (C=O) groups is 1. The van der Waals surface area contributed by atoms with Gasteiger partial charge in [-0.15, -0.1) is 0 Å². The Labute approximate surface area is 230 Å². The topological polar surface area (TPSA) is 102 Å². The number of aryl methyl sites for hydroxylation is 1. The van der Waals surface area contributed by atoms with Gasteiger partial charge in [0.25, 0.3) is 0 Å². The maximum Gasteiger partial charge on any atom is 0.304 e. The molecule has 2 atom stereocenters. The molecule has 1 N–H and O–H groups in total.